The molecule has 0 aromatic heterocycles. The summed E-state index contributed by atoms with van der Waals surface area (Å²) in [5.41, 5.74) is 1.74. The van der Waals surface area contributed by atoms with Gasteiger partial charge in [-0.15, -0.1) is 0 Å². The number of nitrogens with one attached hydrogen (secondary N) is 1. The first-order chi connectivity index (χ1) is 20.2. The van der Waals surface area contributed by atoms with Crippen molar-refractivity contribution in [2.75, 3.05) is 0 Å². The number of carbonyl (C=O) groups is 2. The molecule has 1 heterocycles. The minimum absolute atomic E-state index is 0.0102. The first-order valence-corrected chi connectivity index (χ1v) is 18.4. The molecule has 0 aromatic rings. The van der Waals surface area contributed by atoms with Crippen LogP contribution in [0.5, 0.6) is 0 Å². The second kappa shape index (κ2) is 27.5. The van der Waals surface area contributed by atoms with Gasteiger partial charge in [-0.1, -0.05) is 168 Å². The van der Waals surface area contributed by atoms with Crippen molar-refractivity contribution in [3.63, 3.8) is 0 Å². The van der Waals surface area contributed by atoms with E-state index in [0.717, 1.165) is 49.7 Å². The molecular weight excluding hydrogens is 502 g/mol. The van der Waals surface area contributed by atoms with Gasteiger partial charge in [0.2, 0.25) is 0 Å². The first kappa shape index (κ1) is 37.6. The molecule has 41 heavy (non-hydrogen) atoms. The molecule has 0 unspecified atom stereocenters. The van der Waals surface area contributed by atoms with E-state index < -0.39 is 0 Å². The quantitative estimate of drug-likeness (QED) is 0.0872. The molecule has 0 bridgehead atoms. The van der Waals surface area contributed by atoms with E-state index in [9.17, 15) is 9.59 Å². The third kappa shape index (κ3) is 19.4. The van der Waals surface area contributed by atoms with E-state index >= 15 is 0 Å². The average molecular weight is 572 g/mol. The van der Waals surface area contributed by atoms with Gasteiger partial charge in [0.15, 0.2) is 11.6 Å². The Labute approximate surface area is 256 Å². The van der Waals surface area contributed by atoms with Gasteiger partial charge in [0, 0.05) is 42.3 Å². The number of dihydropyridines is 1. The Morgan fingerprint density at radius 3 is 1.10 bits per heavy atom. The van der Waals surface area contributed by atoms with Crippen LogP contribution in [-0.4, -0.2) is 11.6 Å². The lowest BCUT2D eigenvalue weighted by Gasteiger charge is -2.26. The van der Waals surface area contributed by atoms with Crippen molar-refractivity contribution in [3.8, 4) is 0 Å². The molecular formula is C38H69NO2. The van der Waals surface area contributed by atoms with Gasteiger partial charge >= 0.3 is 0 Å². The standard InChI is InChI=1S/C38H69NO2/c1-4-7-10-13-16-18-21-24-27-30-37(40)35-32-39-33-36(34(35)29-26-23-20-15-12-9-6-3)38(41)31-28-25-22-19-17-14-11-8-5-2/h32-34,39H,4-31H2,1-3H3. The molecule has 0 aromatic carbocycles. The largest absolute Gasteiger partial charge is 0.367 e. The summed E-state index contributed by atoms with van der Waals surface area (Å²) in [5.74, 6) is 0.508. The number of Topliss-reactive ketones (excluding diaryl/α,β-unsaturated/α-hetero) is 2. The fraction of sp³-hybridized carbons (Fsp3) is 0.842. The molecule has 0 amide bonds. The highest BCUT2D eigenvalue weighted by Crippen LogP contribution is 2.32. The van der Waals surface area contributed by atoms with E-state index in [4.69, 9.17) is 0 Å². The molecule has 0 aliphatic carbocycles. The molecule has 0 fully saturated rings. The van der Waals surface area contributed by atoms with Crippen molar-refractivity contribution in [1.29, 1.82) is 0 Å². The number of hydrogen-bond donors (Lipinski definition) is 1. The fourth-order valence-corrected chi connectivity index (χ4v) is 6.24. The van der Waals surface area contributed by atoms with E-state index in [1.165, 1.54) is 128 Å². The highest BCUT2D eigenvalue weighted by Gasteiger charge is 2.29. The average Bonchev–Trinajstić information content (AvgIpc) is 2.98. The zero-order chi connectivity index (χ0) is 29.8. The maximum absolute atomic E-state index is 13.4. The Bertz CT molecular complexity index is 657. The third-order valence-electron chi connectivity index (χ3n) is 8.98. The monoisotopic (exact) mass is 572 g/mol. The molecule has 0 atom stereocenters. The third-order valence-corrected chi connectivity index (χ3v) is 8.98. The molecule has 3 nitrogen and oxygen atoms in total. The van der Waals surface area contributed by atoms with Gasteiger partial charge in [0.25, 0.3) is 0 Å². The normalized spacial score (nSPS) is 13.6. The Balaban J connectivity index is 2.52. The predicted octanol–water partition coefficient (Wildman–Crippen LogP) is 12.1. The molecule has 1 N–H and O–H groups in total. The van der Waals surface area contributed by atoms with Crippen molar-refractivity contribution in [1.82, 2.24) is 5.32 Å². The molecule has 0 spiro atoms. The number of hydrogen-bond acceptors (Lipinski definition) is 3. The minimum atomic E-state index is -0.0102. The Morgan fingerprint density at radius 1 is 0.463 bits per heavy atom. The van der Waals surface area contributed by atoms with Crippen LogP contribution in [-0.2, 0) is 9.59 Å². The summed E-state index contributed by atoms with van der Waals surface area (Å²) in [6.45, 7) is 6.79. The molecule has 238 valence electrons. The van der Waals surface area contributed by atoms with Crippen molar-refractivity contribution in [2.24, 2.45) is 5.92 Å². The van der Waals surface area contributed by atoms with Crippen molar-refractivity contribution >= 4 is 11.6 Å². The Morgan fingerprint density at radius 2 is 0.756 bits per heavy atom. The van der Waals surface area contributed by atoms with Gasteiger partial charge in [-0.3, -0.25) is 9.59 Å². The van der Waals surface area contributed by atoms with E-state index in [1.54, 1.807) is 0 Å². The second-order valence-electron chi connectivity index (χ2n) is 12.8. The fourth-order valence-electron chi connectivity index (χ4n) is 6.24. The van der Waals surface area contributed by atoms with Crippen LogP contribution < -0.4 is 5.32 Å². The van der Waals surface area contributed by atoms with E-state index in [0.29, 0.717) is 12.8 Å². The highest BCUT2D eigenvalue weighted by atomic mass is 16.1. The Hall–Kier alpha value is -1.38. The number of ketones is 2. The highest BCUT2D eigenvalue weighted by molar-refractivity contribution is 6.02. The van der Waals surface area contributed by atoms with Gasteiger partial charge in [-0.25, -0.2) is 0 Å². The number of carbonyl (C=O) groups excluding carboxylic acids is 2. The van der Waals surface area contributed by atoms with Crippen molar-refractivity contribution in [3.05, 3.63) is 23.5 Å². The smallest absolute Gasteiger partial charge is 0.160 e. The lowest BCUT2D eigenvalue weighted by molar-refractivity contribution is -0.116. The summed E-state index contributed by atoms with van der Waals surface area (Å²) in [4.78, 5) is 26.7. The van der Waals surface area contributed by atoms with Crippen LogP contribution in [0.2, 0.25) is 0 Å². The summed E-state index contributed by atoms with van der Waals surface area (Å²) >= 11 is 0. The van der Waals surface area contributed by atoms with Crippen LogP contribution in [0.15, 0.2) is 23.5 Å². The summed E-state index contributed by atoms with van der Waals surface area (Å²) in [6.07, 6.45) is 37.5. The summed E-state index contributed by atoms with van der Waals surface area (Å²) in [7, 11) is 0. The van der Waals surface area contributed by atoms with Crippen LogP contribution in [0, 0.1) is 5.92 Å². The second-order valence-corrected chi connectivity index (χ2v) is 12.8. The van der Waals surface area contributed by atoms with Crippen LogP contribution >= 0.6 is 0 Å². The summed E-state index contributed by atoms with van der Waals surface area (Å²) in [6, 6.07) is 0. The molecule has 1 aliphatic heterocycles. The van der Waals surface area contributed by atoms with Crippen LogP contribution in [0.4, 0.5) is 0 Å². The topological polar surface area (TPSA) is 46.2 Å². The van der Waals surface area contributed by atoms with E-state index in [-0.39, 0.29) is 17.5 Å². The molecule has 0 saturated carbocycles. The zero-order valence-corrected chi connectivity index (χ0v) is 27.8. The first-order valence-electron chi connectivity index (χ1n) is 18.4. The molecule has 1 rings (SSSR count). The van der Waals surface area contributed by atoms with Gasteiger partial charge < -0.3 is 5.32 Å². The maximum Gasteiger partial charge on any atom is 0.160 e. The molecule has 0 radical (unpaired) electrons. The molecule has 3 heteroatoms. The Kier molecular flexibility index (Phi) is 25.2. The van der Waals surface area contributed by atoms with Gasteiger partial charge in [0.1, 0.15) is 0 Å². The summed E-state index contributed by atoms with van der Waals surface area (Å²) in [5, 5.41) is 3.21. The van der Waals surface area contributed by atoms with E-state index in [1.807, 2.05) is 12.4 Å². The van der Waals surface area contributed by atoms with Crippen molar-refractivity contribution < 1.29 is 9.59 Å². The van der Waals surface area contributed by atoms with Crippen LogP contribution in [0.3, 0.4) is 0 Å². The zero-order valence-electron chi connectivity index (χ0n) is 27.8. The number of rotatable bonds is 30. The van der Waals surface area contributed by atoms with E-state index in [2.05, 4.69) is 26.1 Å². The maximum atomic E-state index is 13.4. The summed E-state index contributed by atoms with van der Waals surface area (Å²) < 4.78 is 0. The van der Waals surface area contributed by atoms with Crippen molar-refractivity contribution in [2.45, 2.75) is 201 Å². The lowest BCUT2D eigenvalue weighted by atomic mass is 9.80. The van der Waals surface area contributed by atoms with Crippen LogP contribution in [0.25, 0.3) is 0 Å². The molecule has 1 aliphatic rings. The number of allylic oxidation sites excluding steroid dienone is 2. The molecule has 0 saturated heterocycles. The van der Waals surface area contributed by atoms with Crippen LogP contribution in [0.1, 0.15) is 201 Å². The number of unbranched alkanes of at least 4 members (excludes halogenated alkanes) is 22. The minimum Gasteiger partial charge on any atom is -0.367 e. The van der Waals surface area contributed by atoms with Gasteiger partial charge in [-0.2, -0.15) is 0 Å². The van der Waals surface area contributed by atoms with Gasteiger partial charge in [-0.05, 0) is 19.3 Å². The SMILES string of the molecule is CCCCCCCCCCCC(=O)C1=CNC=C(C(=O)CCCCCCCCCCC)C1CCCCCCCCC. The van der Waals surface area contributed by atoms with Gasteiger partial charge in [0.05, 0.1) is 0 Å². The lowest BCUT2D eigenvalue weighted by Crippen LogP contribution is -2.26. The predicted molar refractivity (Wildman–Crippen MR) is 179 cm³/mol.